The molecule has 0 spiro atoms. The maximum Gasteiger partial charge on any atom is 0.137 e. The Labute approximate surface area is 95.1 Å². The van der Waals surface area contributed by atoms with Crippen LogP contribution in [0.15, 0.2) is 24.4 Å². The highest BCUT2D eigenvalue weighted by Gasteiger charge is 2.18. The zero-order valence-corrected chi connectivity index (χ0v) is 9.52. The number of fused-ring (bicyclic) bond motifs is 1. The fourth-order valence-electron chi connectivity index (χ4n) is 2.36. The lowest BCUT2D eigenvalue weighted by Crippen LogP contribution is -2.14. The topological polar surface area (TPSA) is 26.5 Å². The third kappa shape index (κ3) is 1.61. The van der Waals surface area contributed by atoms with Crippen LogP contribution < -0.4 is 0 Å². The number of hydrogen-bond acceptors (Lipinski definition) is 2. The summed E-state index contributed by atoms with van der Waals surface area (Å²) in [5, 5.41) is 0. The summed E-state index contributed by atoms with van der Waals surface area (Å²) in [7, 11) is 0. The molecule has 3 heterocycles. The second-order valence-corrected chi connectivity index (χ2v) is 4.45. The Bertz CT molecular complexity index is 498. The second kappa shape index (κ2) is 3.91. The Morgan fingerprint density at radius 2 is 2.12 bits per heavy atom. The SMILES string of the molecule is Cc1cccc2nc(C3CCOCC3)cn12. The minimum Gasteiger partial charge on any atom is -0.381 e. The first-order valence-electron chi connectivity index (χ1n) is 5.87. The van der Waals surface area contributed by atoms with Gasteiger partial charge < -0.3 is 9.14 Å². The van der Waals surface area contributed by atoms with Gasteiger partial charge in [0.1, 0.15) is 5.65 Å². The molecule has 1 aliphatic rings. The van der Waals surface area contributed by atoms with Crippen LogP contribution in [0.3, 0.4) is 0 Å². The molecule has 1 fully saturated rings. The highest BCUT2D eigenvalue weighted by molar-refractivity contribution is 5.42. The summed E-state index contributed by atoms with van der Waals surface area (Å²) in [6.07, 6.45) is 4.38. The first kappa shape index (κ1) is 9.85. The standard InChI is InChI=1S/C13H16N2O/c1-10-3-2-4-13-14-12(9-15(10)13)11-5-7-16-8-6-11/h2-4,9,11H,5-8H2,1H3. The second-order valence-electron chi connectivity index (χ2n) is 4.45. The lowest BCUT2D eigenvalue weighted by Gasteiger charge is -2.19. The van der Waals surface area contributed by atoms with Crippen molar-refractivity contribution in [3.63, 3.8) is 0 Å². The first-order valence-corrected chi connectivity index (χ1v) is 5.87. The van der Waals surface area contributed by atoms with Crippen molar-refractivity contribution in [2.24, 2.45) is 0 Å². The van der Waals surface area contributed by atoms with Gasteiger partial charge in [0.2, 0.25) is 0 Å². The third-order valence-corrected chi connectivity index (χ3v) is 3.35. The Kier molecular flexibility index (Phi) is 2.40. The van der Waals surface area contributed by atoms with Crippen molar-refractivity contribution in [3.05, 3.63) is 35.8 Å². The summed E-state index contributed by atoms with van der Waals surface area (Å²) < 4.78 is 7.56. The van der Waals surface area contributed by atoms with Gasteiger partial charge in [-0.2, -0.15) is 0 Å². The molecule has 2 aromatic heterocycles. The lowest BCUT2D eigenvalue weighted by atomic mass is 9.97. The van der Waals surface area contributed by atoms with E-state index in [1.165, 1.54) is 11.4 Å². The number of imidazole rings is 1. The van der Waals surface area contributed by atoms with E-state index in [4.69, 9.17) is 9.72 Å². The number of hydrogen-bond donors (Lipinski definition) is 0. The average molecular weight is 216 g/mol. The predicted molar refractivity (Wildman–Crippen MR) is 62.7 cm³/mol. The number of rotatable bonds is 1. The predicted octanol–water partition coefficient (Wildman–Crippen LogP) is 2.54. The Hall–Kier alpha value is -1.35. The van der Waals surface area contributed by atoms with E-state index in [2.05, 4.69) is 35.7 Å². The smallest absolute Gasteiger partial charge is 0.137 e. The van der Waals surface area contributed by atoms with Crippen molar-refractivity contribution >= 4 is 5.65 Å². The van der Waals surface area contributed by atoms with E-state index in [0.717, 1.165) is 31.7 Å². The van der Waals surface area contributed by atoms with Crippen molar-refractivity contribution < 1.29 is 4.74 Å². The monoisotopic (exact) mass is 216 g/mol. The largest absolute Gasteiger partial charge is 0.381 e. The molecule has 0 bridgehead atoms. The molecule has 0 atom stereocenters. The quantitative estimate of drug-likeness (QED) is 0.732. The van der Waals surface area contributed by atoms with Gasteiger partial charge in [-0.3, -0.25) is 0 Å². The summed E-state index contributed by atoms with van der Waals surface area (Å²) >= 11 is 0. The normalized spacial score (nSPS) is 18.1. The van der Waals surface area contributed by atoms with Crippen molar-refractivity contribution in [1.29, 1.82) is 0 Å². The van der Waals surface area contributed by atoms with E-state index in [0.29, 0.717) is 5.92 Å². The minimum atomic E-state index is 0.577. The van der Waals surface area contributed by atoms with Crippen molar-refractivity contribution in [3.8, 4) is 0 Å². The summed E-state index contributed by atoms with van der Waals surface area (Å²) in [4.78, 5) is 4.70. The van der Waals surface area contributed by atoms with Crippen LogP contribution in [0.5, 0.6) is 0 Å². The summed E-state index contributed by atoms with van der Waals surface area (Å²) in [6.45, 7) is 3.86. The zero-order chi connectivity index (χ0) is 11.0. The van der Waals surface area contributed by atoms with E-state index in [9.17, 15) is 0 Å². The summed E-state index contributed by atoms with van der Waals surface area (Å²) in [6, 6.07) is 6.24. The molecule has 3 heteroatoms. The number of aromatic nitrogens is 2. The van der Waals surface area contributed by atoms with Crippen LogP contribution in [0.1, 0.15) is 30.1 Å². The third-order valence-electron chi connectivity index (χ3n) is 3.35. The Morgan fingerprint density at radius 3 is 2.88 bits per heavy atom. The van der Waals surface area contributed by atoms with Crippen LogP contribution in [0.4, 0.5) is 0 Å². The summed E-state index contributed by atoms with van der Waals surface area (Å²) in [5.74, 6) is 0.577. The molecule has 1 aliphatic heterocycles. The van der Waals surface area contributed by atoms with E-state index in [1.54, 1.807) is 0 Å². The van der Waals surface area contributed by atoms with Gasteiger partial charge in [0.05, 0.1) is 5.69 Å². The van der Waals surface area contributed by atoms with Gasteiger partial charge in [-0.05, 0) is 31.9 Å². The molecule has 84 valence electrons. The van der Waals surface area contributed by atoms with Crippen LogP contribution in [0.25, 0.3) is 5.65 Å². The van der Waals surface area contributed by atoms with Gasteiger partial charge >= 0.3 is 0 Å². The fraction of sp³-hybridized carbons (Fsp3) is 0.462. The van der Waals surface area contributed by atoms with Crippen LogP contribution in [0, 0.1) is 6.92 Å². The van der Waals surface area contributed by atoms with Crippen molar-refractivity contribution in [2.75, 3.05) is 13.2 Å². The molecule has 0 unspecified atom stereocenters. The van der Waals surface area contributed by atoms with Gasteiger partial charge in [-0.1, -0.05) is 6.07 Å². The van der Waals surface area contributed by atoms with E-state index >= 15 is 0 Å². The van der Waals surface area contributed by atoms with Crippen LogP contribution >= 0.6 is 0 Å². The van der Waals surface area contributed by atoms with E-state index < -0.39 is 0 Å². The molecule has 0 N–H and O–H groups in total. The van der Waals surface area contributed by atoms with Gasteiger partial charge in [-0.15, -0.1) is 0 Å². The molecular formula is C13H16N2O. The van der Waals surface area contributed by atoms with Crippen LogP contribution in [-0.4, -0.2) is 22.6 Å². The van der Waals surface area contributed by atoms with Crippen LogP contribution in [-0.2, 0) is 4.74 Å². The van der Waals surface area contributed by atoms with Crippen molar-refractivity contribution in [2.45, 2.75) is 25.7 Å². The van der Waals surface area contributed by atoms with Crippen LogP contribution in [0.2, 0.25) is 0 Å². The molecular weight excluding hydrogens is 200 g/mol. The molecule has 1 saturated heterocycles. The van der Waals surface area contributed by atoms with Gasteiger partial charge in [0.15, 0.2) is 0 Å². The lowest BCUT2D eigenvalue weighted by molar-refractivity contribution is 0.0846. The molecule has 3 rings (SSSR count). The zero-order valence-electron chi connectivity index (χ0n) is 9.52. The molecule has 3 nitrogen and oxygen atoms in total. The summed E-state index contributed by atoms with van der Waals surface area (Å²) in [5.41, 5.74) is 3.52. The molecule has 0 amide bonds. The number of ether oxygens (including phenoxy) is 1. The molecule has 0 radical (unpaired) electrons. The molecule has 16 heavy (non-hydrogen) atoms. The Morgan fingerprint density at radius 1 is 1.31 bits per heavy atom. The maximum atomic E-state index is 5.38. The average Bonchev–Trinajstić information content (AvgIpc) is 2.76. The van der Waals surface area contributed by atoms with Crippen molar-refractivity contribution in [1.82, 2.24) is 9.38 Å². The maximum absolute atomic E-state index is 5.38. The first-order chi connectivity index (χ1) is 7.84. The van der Waals surface area contributed by atoms with Gasteiger partial charge in [-0.25, -0.2) is 4.98 Å². The number of nitrogens with zero attached hydrogens (tertiary/aromatic N) is 2. The van der Waals surface area contributed by atoms with E-state index in [1.807, 2.05) is 0 Å². The molecule has 0 saturated carbocycles. The molecule has 2 aromatic rings. The highest BCUT2D eigenvalue weighted by atomic mass is 16.5. The molecule has 0 aliphatic carbocycles. The number of pyridine rings is 1. The Balaban J connectivity index is 2.01. The minimum absolute atomic E-state index is 0.577. The van der Waals surface area contributed by atoms with E-state index in [-0.39, 0.29) is 0 Å². The highest BCUT2D eigenvalue weighted by Crippen LogP contribution is 2.26. The van der Waals surface area contributed by atoms with Gasteiger partial charge in [0, 0.05) is 31.0 Å². The molecule has 0 aromatic carbocycles. The van der Waals surface area contributed by atoms with Gasteiger partial charge in [0.25, 0.3) is 0 Å². The fourth-order valence-corrected chi connectivity index (χ4v) is 2.36. The number of aryl methyl sites for hydroxylation is 1.